The number of hydrogen-bond donors (Lipinski definition) is 3. The molecule has 0 aromatic heterocycles. The topological polar surface area (TPSA) is 36.1 Å². The molecule has 1 rings (SSSR count). The molecule has 122 valence electrons. The summed E-state index contributed by atoms with van der Waals surface area (Å²) in [5.74, 6) is 0. The van der Waals surface area contributed by atoms with Gasteiger partial charge in [-0.1, -0.05) is 0 Å². The van der Waals surface area contributed by atoms with Crippen molar-refractivity contribution in [3.8, 4) is 0 Å². The molecule has 1 aliphatic carbocycles. The average molecular weight is 441 g/mol. The van der Waals surface area contributed by atoms with E-state index in [2.05, 4.69) is 51.3 Å². The predicted molar refractivity (Wildman–Crippen MR) is 85.0 cm³/mol. The van der Waals surface area contributed by atoms with Crippen LogP contribution in [0.1, 0.15) is 48.0 Å². The summed E-state index contributed by atoms with van der Waals surface area (Å²) >= 11 is -7.73. The van der Waals surface area contributed by atoms with Crippen LogP contribution in [0.5, 0.6) is 0 Å². The summed E-state index contributed by atoms with van der Waals surface area (Å²) in [4.78, 5) is 0. The summed E-state index contributed by atoms with van der Waals surface area (Å²) in [6, 6.07) is 0.786. The van der Waals surface area contributed by atoms with Gasteiger partial charge >= 0.3 is 139 Å². The Morgan fingerprint density at radius 1 is 0.952 bits per heavy atom. The number of halogens is 2. The van der Waals surface area contributed by atoms with Gasteiger partial charge in [-0.05, 0) is 0 Å². The van der Waals surface area contributed by atoms with Crippen LogP contribution in [0.15, 0.2) is 19.8 Å². The van der Waals surface area contributed by atoms with Crippen LogP contribution < -0.4 is 9.78 Å². The zero-order chi connectivity index (χ0) is 16.2. The second kappa shape index (κ2) is 8.48. The molecular weight excluding hydrogens is 412 g/mol. The predicted octanol–water partition coefficient (Wildman–Crippen LogP) is 2.79. The third-order valence-corrected chi connectivity index (χ3v) is 17.7. The molecule has 0 atom stereocenters. The van der Waals surface area contributed by atoms with Crippen molar-refractivity contribution >= 4 is 15.3 Å². The van der Waals surface area contributed by atoms with E-state index in [9.17, 15) is 7.00 Å². The third kappa shape index (κ3) is 5.65. The molecule has 0 radical (unpaired) electrons. The van der Waals surface area contributed by atoms with Gasteiger partial charge in [-0.2, -0.15) is 0 Å². The summed E-state index contributed by atoms with van der Waals surface area (Å²) in [5, 5.41) is 0. The van der Waals surface area contributed by atoms with E-state index in [4.69, 9.17) is 0 Å². The number of hydrogen-bond acceptors (Lipinski definition) is 3. The Balaban J connectivity index is 3.29. The van der Waals surface area contributed by atoms with Crippen LogP contribution in [0, 0.1) is 0 Å². The van der Waals surface area contributed by atoms with Crippen molar-refractivity contribution in [2.24, 2.45) is 0 Å². The van der Waals surface area contributed by atoms with E-state index in [0.717, 1.165) is 3.28 Å². The van der Waals surface area contributed by atoms with E-state index < -0.39 is 36.4 Å². The van der Waals surface area contributed by atoms with Gasteiger partial charge in [0.2, 0.25) is 0 Å². The Bertz CT molecular complexity index is 382. The van der Waals surface area contributed by atoms with Crippen molar-refractivity contribution in [2.45, 2.75) is 66.1 Å². The second-order valence-electron chi connectivity index (χ2n) is 6.49. The molecule has 0 aromatic rings. The van der Waals surface area contributed by atoms with E-state index in [1.807, 2.05) is 6.08 Å². The van der Waals surface area contributed by atoms with Crippen molar-refractivity contribution < 1.29 is 28.1 Å². The van der Waals surface area contributed by atoms with Crippen LogP contribution in [-0.4, -0.2) is 33.4 Å². The first-order chi connectivity index (χ1) is 9.68. The minimum atomic E-state index is -4.27. The Morgan fingerprint density at radius 2 is 1.38 bits per heavy atom. The van der Waals surface area contributed by atoms with E-state index in [0.29, 0.717) is 10.8 Å². The van der Waals surface area contributed by atoms with E-state index >= 15 is 0 Å². The van der Waals surface area contributed by atoms with Crippen molar-refractivity contribution in [2.75, 3.05) is 0 Å². The summed E-state index contributed by atoms with van der Waals surface area (Å²) < 4.78 is 39.5. The van der Waals surface area contributed by atoms with Gasteiger partial charge in [0.1, 0.15) is 0 Å². The van der Waals surface area contributed by atoms with Crippen LogP contribution in [0.3, 0.4) is 0 Å². The molecule has 0 spiro atoms. The first kappa shape index (κ1) is 19.7. The Morgan fingerprint density at radius 3 is 1.71 bits per heavy atom. The molecule has 0 heterocycles. The number of allylic oxidation sites excluding steroid dienone is 4. The Kier molecular flexibility index (Phi) is 7.96. The van der Waals surface area contributed by atoms with Crippen LogP contribution >= 0.6 is 0 Å². The molecule has 0 saturated carbocycles. The van der Waals surface area contributed by atoms with Crippen LogP contribution in [-0.2, 0) is 21.1 Å². The van der Waals surface area contributed by atoms with Gasteiger partial charge in [-0.3, -0.25) is 0 Å². The zero-order valence-electron chi connectivity index (χ0n) is 13.9. The molecule has 0 amide bonds. The molecule has 0 bridgehead atoms. The van der Waals surface area contributed by atoms with Gasteiger partial charge in [0.15, 0.2) is 0 Å². The van der Waals surface area contributed by atoms with Gasteiger partial charge in [0.25, 0.3) is 0 Å². The molecule has 1 aliphatic rings. The number of nitrogens with one attached hydrogen (secondary N) is 3. The van der Waals surface area contributed by atoms with E-state index in [-0.39, 0.29) is 18.1 Å². The molecule has 0 unspecified atom stereocenters. The monoisotopic (exact) mass is 441 g/mol. The van der Waals surface area contributed by atoms with Crippen LogP contribution in [0.2, 0.25) is 0 Å². The quantitative estimate of drug-likeness (QED) is 0.508. The summed E-state index contributed by atoms with van der Waals surface area (Å²) in [5.41, 5.74) is 0. The van der Waals surface area contributed by atoms with Gasteiger partial charge in [-0.15, -0.1) is 0 Å². The second-order valence-corrected chi connectivity index (χ2v) is 16.4. The maximum atomic E-state index is 13.6. The first-order valence-electron chi connectivity index (χ1n) is 7.69. The fraction of sp³-hybridized carbons (Fsp3) is 0.714. The molecule has 7 heteroatoms. The Labute approximate surface area is 138 Å². The van der Waals surface area contributed by atoms with Crippen molar-refractivity contribution in [1.82, 2.24) is 9.78 Å². The molecule has 3 nitrogen and oxygen atoms in total. The third-order valence-electron chi connectivity index (χ3n) is 3.17. The van der Waals surface area contributed by atoms with Gasteiger partial charge in [0, 0.05) is 0 Å². The standard InChI is InChI=1S/C5H5F2Ge.3C3H8N.Zr/c6-8(7)5-3-1-2-4-5;3*1-3(2)4;/h1,3,8H,2H2;3*3-4H,1-2H3;/q;3*-1;+3. The SMILES string of the molecule is CC(C)[NH][Zr]([NH]C(C)C)([NH]C(C)C)[C]1=[C]([GeH]([F])[F])C=CC1. The molecule has 21 heavy (non-hydrogen) atoms. The maximum absolute atomic E-state index is 13.6. The van der Waals surface area contributed by atoms with Crippen LogP contribution in [0.25, 0.3) is 0 Å². The van der Waals surface area contributed by atoms with Crippen molar-refractivity contribution in [3.63, 3.8) is 0 Å². The molecule has 0 fully saturated rings. The summed E-state index contributed by atoms with van der Waals surface area (Å²) in [7, 11) is 0. The first-order valence-corrected chi connectivity index (χ1v) is 15.6. The minimum absolute atomic E-state index is 0.262. The zero-order valence-corrected chi connectivity index (χ0v) is 18.8. The molecule has 0 saturated heterocycles. The van der Waals surface area contributed by atoms with Gasteiger partial charge in [-0.25, -0.2) is 0 Å². The fourth-order valence-electron chi connectivity index (χ4n) is 2.78. The van der Waals surface area contributed by atoms with E-state index in [1.54, 1.807) is 6.08 Å². The van der Waals surface area contributed by atoms with Gasteiger partial charge < -0.3 is 0 Å². The molecular formula is C14H29F2GeN3Zr. The van der Waals surface area contributed by atoms with Crippen molar-refractivity contribution in [1.29, 1.82) is 0 Å². The average Bonchev–Trinajstić information content (AvgIpc) is 2.74. The fourth-order valence-corrected chi connectivity index (χ4v) is 18.9. The molecule has 3 N–H and O–H groups in total. The normalized spacial score (nSPS) is 16.4. The van der Waals surface area contributed by atoms with Crippen LogP contribution in [0.4, 0.5) is 7.00 Å². The number of rotatable bonds is 8. The summed E-state index contributed by atoms with van der Waals surface area (Å²) in [6.45, 7) is 12.5. The van der Waals surface area contributed by atoms with Gasteiger partial charge in [0.05, 0.1) is 0 Å². The summed E-state index contributed by atoms with van der Waals surface area (Å²) in [6.07, 6.45) is 4.25. The Hall–Kier alpha value is 0.646. The molecule has 0 aliphatic heterocycles. The van der Waals surface area contributed by atoms with Crippen molar-refractivity contribution in [3.05, 3.63) is 19.8 Å². The molecule has 0 aromatic carbocycles. The van der Waals surface area contributed by atoms with E-state index in [1.165, 1.54) is 0 Å².